The minimum Gasteiger partial charge on any atom is -0.451 e. The van der Waals surface area contributed by atoms with Gasteiger partial charge in [-0.3, -0.25) is 9.78 Å². The van der Waals surface area contributed by atoms with Crippen molar-refractivity contribution in [2.45, 2.75) is 18.9 Å². The van der Waals surface area contributed by atoms with E-state index in [4.69, 9.17) is 4.42 Å². The molecule has 3 aromatic rings. The Morgan fingerprint density at radius 1 is 1.12 bits per heavy atom. The number of amides is 1. The van der Waals surface area contributed by atoms with Crippen LogP contribution in [0.15, 0.2) is 65.3 Å². The Balaban J connectivity index is 1.60. The molecule has 1 saturated heterocycles. The molecule has 1 amide bonds. The van der Waals surface area contributed by atoms with E-state index in [2.05, 4.69) is 4.98 Å². The summed E-state index contributed by atoms with van der Waals surface area (Å²) in [7, 11) is 0. The van der Waals surface area contributed by atoms with Crippen molar-refractivity contribution in [1.29, 1.82) is 0 Å². The van der Waals surface area contributed by atoms with Crippen LogP contribution in [0.3, 0.4) is 0 Å². The summed E-state index contributed by atoms with van der Waals surface area (Å²) in [6.07, 6.45) is 5.33. The number of carbonyl (C=O) groups excluding carboxylic acids is 1. The molecule has 4 rings (SSSR count). The first kappa shape index (κ1) is 15.6. The number of carbonyl (C=O) groups is 1. The van der Waals surface area contributed by atoms with Crippen molar-refractivity contribution in [3.05, 3.63) is 78.1 Å². The Morgan fingerprint density at radius 3 is 2.72 bits per heavy atom. The lowest BCUT2D eigenvalue weighted by molar-refractivity contribution is 0.0704. The summed E-state index contributed by atoms with van der Waals surface area (Å²) < 4.78 is 19.6. The topological polar surface area (TPSA) is 46.3 Å². The van der Waals surface area contributed by atoms with E-state index in [1.165, 1.54) is 6.07 Å². The molecule has 1 unspecified atom stereocenters. The Morgan fingerprint density at radius 2 is 1.92 bits per heavy atom. The van der Waals surface area contributed by atoms with Gasteiger partial charge in [-0.2, -0.15) is 0 Å². The predicted octanol–water partition coefficient (Wildman–Crippen LogP) is 4.46. The lowest BCUT2D eigenvalue weighted by Crippen LogP contribution is -2.30. The average Bonchev–Trinajstić information content (AvgIpc) is 3.32. The molecule has 4 nitrogen and oxygen atoms in total. The highest BCUT2D eigenvalue weighted by molar-refractivity contribution is 5.92. The Hall–Kier alpha value is -2.95. The molecule has 1 atom stereocenters. The molecule has 0 radical (unpaired) electrons. The summed E-state index contributed by atoms with van der Waals surface area (Å²) >= 11 is 0. The van der Waals surface area contributed by atoms with Crippen LogP contribution in [0.25, 0.3) is 11.3 Å². The van der Waals surface area contributed by atoms with E-state index < -0.39 is 0 Å². The van der Waals surface area contributed by atoms with Gasteiger partial charge in [-0.1, -0.05) is 12.1 Å². The summed E-state index contributed by atoms with van der Waals surface area (Å²) in [6, 6.07) is 13.5. The maximum atomic E-state index is 13.9. The number of hydrogen-bond acceptors (Lipinski definition) is 3. The molecular weight excluding hydrogens is 319 g/mol. The molecule has 3 heterocycles. The highest BCUT2D eigenvalue weighted by atomic mass is 19.1. The maximum Gasteiger partial charge on any atom is 0.290 e. The van der Waals surface area contributed by atoms with Crippen LogP contribution >= 0.6 is 0 Å². The van der Waals surface area contributed by atoms with E-state index in [0.717, 1.165) is 18.4 Å². The van der Waals surface area contributed by atoms with Crippen LogP contribution in [0.1, 0.15) is 35.0 Å². The number of rotatable bonds is 3. The largest absolute Gasteiger partial charge is 0.451 e. The van der Waals surface area contributed by atoms with E-state index >= 15 is 0 Å². The van der Waals surface area contributed by atoms with Gasteiger partial charge in [0.1, 0.15) is 11.6 Å². The molecule has 1 fully saturated rings. The second kappa shape index (κ2) is 6.51. The van der Waals surface area contributed by atoms with Gasteiger partial charge in [0.25, 0.3) is 5.91 Å². The number of halogens is 1. The number of furan rings is 1. The predicted molar refractivity (Wildman–Crippen MR) is 91.4 cm³/mol. The molecular formula is C20H17FN2O2. The monoisotopic (exact) mass is 336 g/mol. The van der Waals surface area contributed by atoms with Crippen LogP contribution < -0.4 is 0 Å². The normalized spacial score (nSPS) is 17.0. The third-order valence-electron chi connectivity index (χ3n) is 4.56. The van der Waals surface area contributed by atoms with Gasteiger partial charge in [0.2, 0.25) is 0 Å². The fourth-order valence-corrected chi connectivity index (χ4v) is 3.34. The van der Waals surface area contributed by atoms with E-state index in [9.17, 15) is 9.18 Å². The Bertz CT molecular complexity index is 891. The number of aromatic nitrogens is 1. The fraction of sp³-hybridized carbons (Fsp3) is 0.200. The second-order valence-corrected chi connectivity index (χ2v) is 6.08. The summed E-state index contributed by atoms with van der Waals surface area (Å²) in [4.78, 5) is 18.7. The molecule has 1 aliphatic rings. The first-order chi connectivity index (χ1) is 12.2. The third-order valence-corrected chi connectivity index (χ3v) is 4.56. The van der Waals surface area contributed by atoms with Crippen LogP contribution in [0.5, 0.6) is 0 Å². The van der Waals surface area contributed by atoms with Crippen LogP contribution in [0, 0.1) is 5.82 Å². The minimum atomic E-state index is -0.369. The Labute approximate surface area is 144 Å². The molecule has 1 aromatic carbocycles. The number of likely N-dealkylation sites (tertiary alicyclic amines) is 1. The van der Waals surface area contributed by atoms with Gasteiger partial charge in [-0.05, 0) is 54.8 Å². The quantitative estimate of drug-likeness (QED) is 0.709. The van der Waals surface area contributed by atoms with Crippen molar-refractivity contribution in [3.8, 4) is 11.3 Å². The number of benzene rings is 1. The van der Waals surface area contributed by atoms with Gasteiger partial charge >= 0.3 is 0 Å². The third kappa shape index (κ3) is 2.93. The van der Waals surface area contributed by atoms with Crippen molar-refractivity contribution in [2.24, 2.45) is 0 Å². The average molecular weight is 336 g/mol. The zero-order valence-corrected chi connectivity index (χ0v) is 13.6. The molecule has 1 aliphatic heterocycles. The SMILES string of the molecule is O=C(c1ccc(-c2ccccc2F)o1)N1CCCC1c1ccncc1. The van der Waals surface area contributed by atoms with E-state index in [1.54, 1.807) is 42.7 Å². The molecule has 126 valence electrons. The van der Waals surface area contributed by atoms with Crippen LogP contribution in [-0.2, 0) is 0 Å². The van der Waals surface area contributed by atoms with E-state index in [-0.39, 0.29) is 23.5 Å². The minimum absolute atomic E-state index is 0.0255. The fourth-order valence-electron chi connectivity index (χ4n) is 3.34. The van der Waals surface area contributed by atoms with Crippen LogP contribution in [-0.4, -0.2) is 22.3 Å². The van der Waals surface area contributed by atoms with Crippen molar-refractivity contribution in [2.75, 3.05) is 6.54 Å². The molecule has 0 aliphatic carbocycles. The number of nitrogens with zero attached hydrogens (tertiary/aromatic N) is 2. The number of hydrogen-bond donors (Lipinski definition) is 0. The summed E-state index contributed by atoms with van der Waals surface area (Å²) in [5.41, 5.74) is 1.43. The van der Waals surface area contributed by atoms with Crippen LogP contribution in [0.4, 0.5) is 4.39 Å². The zero-order chi connectivity index (χ0) is 17.2. The second-order valence-electron chi connectivity index (χ2n) is 6.08. The van der Waals surface area contributed by atoms with Crippen molar-refractivity contribution >= 4 is 5.91 Å². The van der Waals surface area contributed by atoms with Crippen molar-refractivity contribution in [1.82, 2.24) is 9.88 Å². The molecule has 0 spiro atoms. The zero-order valence-electron chi connectivity index (χ0n) is 13.6. The molecule has 0 bridgehead atoms. The van der Waals surface area contributed by atoms with Gasteiger partial charge in [-0.25, -0.2) is 4.39 Å². The first-order valence-corrected chi connectivity index (χ1v) is 8.29. The van der Waals surface area contributed by atoms with E-state index in [0.29, 0.717) is 17.9 Å². The summed E-state index contributed by atoms with van der Waals surface area (Å²) in [5, 5.41) is 0. The lowest BCUT2D eigenvalue weighted by atomic mass is 10.1. The molecule has 5 heteroatoms. The van der Waals surface area contributed by atoms with Crippen molar-refractivity contribution in [3.63, 3.8) is 0 Å². The van der Waals surface area contributed by atoms with Gasteiger partial charge in [0.15, 0.2) is 5.76 Å². The highest BCUT2D eigenvalue weighted by Crippen LogP contribution is 2.34. The molecule has 25 heavy (non-hydrogen) atoms. The molecule has 2 aromatic heterocycles. The summed E-state index contributed by atoms with van der Waals surface area (Å²) in [5.74, 6) is 0.0638. The summed E-state index contributed by atoms with van der Waals surface area (Å²) in [6.45, 7) is 0.682. The highest BCUT2D eigenvalue weighted by Gasteiger charge is 2.32. The molecule has 0 saturated carbocycles. The van der Waals surface area contributed by atoms with Gasteiger partial charge in [-0.15, -0.1) is 0 Å². The lowest BCUT2D eigenvalue weighted by Gasteiger charge is -2.24. The van der Waals surface area contributed by atoms with Gasteiger partial charge in [0, 0.05) is 18.9 Å². The van der Waals surface area contributed by atoms with E-state index in [1.807, 2.05) is 17.0 Å². The Kier molecular flexibility index (Phi) is 4.06. The molecule has 0 N–H and O–H groups in total. The first-order valence-electron chi connectivity index (χ1n) is 8.29. The standard InChI is InChI=1S/C20H17FN2O2/c21-16-5-2-1-4-15(16)18-7-8-19(25-18)20(24)23-13-3-6-17(23)14-9-11-22-12-10-14/h1-2,4-5,7-12,17H,3,6,13H2. The van der Waals surface area contributed by atoms with Crippen molar-refractivity contribution < 1.29 is 13.6 Å². The maximum absolute atomic E-state index is 13.9. The van der Waals surface area contributed by atoms with Gasteiger partial charge in [0.05, 0.1) is 11.6 Å². The van der Waals surface area contributed by atoms with Crippen LogP contribution in [0.2, 0.25) is 0 Å². The number of pyridine rings is 1. The van der Waals surface area contributed by atoms with Gasteiger partial charge < -0.3 is 9.32 Å². The smallest absolute Gasteiger partial charge is 0.290 e.